The van der Waals surface area contributed by atoms with E-state index in [1.165, 1.54) is 0 Å². The first-order chi connectivity index (χ1) is 12.7. The van der Waals surface area contributed by atoms with E-state index in [9.17, 15) is 9.90 Å². The Hall–Kier alpha value is -2.67. The molecule has 2 aliphatic heterocycles. The lowest BCUT2D eigenvalue weighted by Crippen LogP contribution is -2.51. The molecule has 1 amide bonds. The van der Waals surface area contributed by atoms with Crippen LogP contribution in [0, 0.1) is 0 Å². The normalized spacial score (nSPS) is 23.8. The van der Waals surface area contributed by atoms with Crippen molar-refractivity contribution in [2.45, 2.75) is 44.5 Å². The number of hydrogen-bond acceptors (Lipinski definition) is 5. The molecule has 1 aromatic heterocycles. The lowest BCUT2D eigenvalue weighted by atomic mass is 10.1. The maximum atomic E-state index is 13.1. The number of aliphatic hydroxyl groups excluding tert-OH is 1. The summed E-state index contributed by atoms with van der Waals surface area (Å²) in [5.41, 5.74) is 1.62. The van der Waals surface area contributed by atoms with E-state index < -0.39 is 0 Å². The van der Waals surface area contributed by atoms with E-state index in [2.05, 4.69) is 9.88 Å². The summed E-state index contributed by atoms with van der Waals surface area (Å²) in [6.45, 7) is 0.304. The van der Waals surface area contributed by atoms with Gasteiger partial charge in [0.1, 0.15) is 12.4 Å². The molecule has 7 heteroatoms. The number of rotatable bonds is 3. The Morgan fingerprint density at radius 1 is 1.23 bits per heavy atom. The third-order valence-electron chi connectivity index (χ3n) is 5.66. The summed E-state index contributed by atoms with van der Waals surface area (Å²) in [5.74, 6) is 1.76. The van der Waals surface area contributed by atoms with Crippen molar-refractivity contribution in [2.75, 3.05) is 11.9 Å². The molecule has 0 saturated heterocycles. The van der Waals surface area contributed by atoms with Crippen molar-refractivity contribution in [3.05, 3.63) is 47.4 Å². The molecule has 1 aliphatic carbocycles. The minimum Gasteiger partial charge on any atom is -0.388 e. The Bertz CT molecular complexity index is 904. The van der Waals surface area contributed by atoms with Gasteiger partial charge < -0.3 is 9.67 Å². The van der Waals surface area contributed by atoms with E-state index in [1.807, 2.05) is 34.9 Å². The molecule has 0 radical (unpaired) electrons. The second-order valence-corrected chi connectivity index (χ2v) is 7.16. The lowest BCUT2D eigenvalue weighted by molar-refractivity contribution is 0.0854. The number of guanidine groups is 1. The summed E-state index contributed by atoms with van der Waals surface area (Å²) in [4.78, 5) is 26.3. The van der Waals surface area contributed by atoms with Gasteiger partial charge in [0.15, 0.2) is 11.5 Å². The minimum atomic E-state index is -0.203. The maximum Gasteiger partial charge on any atom is 0.280 e. The number of fused-ring (bicyclic) bond motifs is 5. The average molecular weight is 351 g/mol. The van der Waals surface area contributed by atoms with E-state index in [0.717, 1.165) is 24.8 Å². The molecule has 3 aliphatic rings. The molecule has 1 fully saturated rings. The fraction of sp³-hybridized carbons (Fsp3) is 0.421. The van der Waals surface area contributed by atoms with Crippen LogP contribution in [0.15, 0.2) is 35.3 Å². The number of anilines is 1. The number of aliphatic hydroxyl groups is 1. The first-order valence-corrected chi connectivity index (χ1v) is 9.08. The van der Waals surface area contributed by atoms with Crippen LogP contribution < -0.4 is 4.90 Å². The van der Waals surface area contributed by atoms with Gasteiger partial charge in [0.25, 0.3) is 5.91 Å². The first-order valence-electron chi connectivity index (χ1n) is 9.08. The number of nitrogens with zero attached hydrogens (tertiary/aromatic N) is 5. The largest absolute Gasteiger partial charge is 0.388 e. The number of amides is 1. The van der Waals surface area contributed by atoms with Crippen LogP contribution in [0.3, 0.4) is 0 Å². The number of carbonyl (C=O) groups is 1. The molecule has 0 spiro atoms. The molecular weight excluding hydrogens is 330 g/mol. The highest BCUT2D eigenvalue weighted by Crippen LogP contribution is 2.40. The fourth-order valence-corrected chi connectivity index (χ4v) is 4.40. The van der Waals surface area contributed by atoms with Gasteiger partial charge >= 0.3 is 0 Å². The van der Waals surface area contributed by atoms with Crippen LogP contribution in [0.25, 0.3) is 0 Å². The minimum absolute atomic E-state index is 0.113. The van der Waals surface area contributed by atoms with Gasteiger partial charge in [0, 0.05) is 13.6 Å². The van der Waals surface area contributed by atoms with Gasteiger partial charge in [-0.1, -0.05) is 30.3 Å². The lowest BCUT2D eigenvalue weighted by Gasteiger charge is -2.34. The van der Waals surface area contributed by atoms with E-state index in [4.69, 9.17) is 4.99 Å². The number of hydrogen-bond donors (Lipinski definition) is 1. The molecule has 1 N–H and O–H groups in total. The van der Waals surface area contributed by atoms with Crippen molar-refractivity contribution in [3.8, 4) is 0 Å². The highest BCUT2D eigenvalue weighted by atomic mass is 16.3. The van der Waals surface area contributed by atoms with Gasteiger partial charge in [-0.2, -0.15) is 0 Å². The van der Waals surface area contributed by atoms with E-state index in [1.54, 1.807) is 11.9 Å². The topological polar surface area (TPSA) is 74.0 Å². The predicted octanol–water partition coefficient (Wildman–Crippen LogP) is 1.61. The van der Waals surface area contributed by atoms with Crippen LogP contribution in [0.1, 0.15) is 41.1 Å². The van der Waals surface area contributed by atoms with Crippen LogP contribution in [0.2, 0.25) is 0 Å². The average Bonchev–Trinajstić information content (AvgIpc) is 3.33. The quantitative estimate of drug-likeness (QED) is 0.912. The molecule has 3 heterocycles. The molecule has 26 heavy (non-hydrogen) atoms. The number of carbonyl (C=O) groups excluding carboxylic acids is 1. The molecule has 2 unspecified atom stereocenters. The standard InChI is InChI=1S/C19H21N5O2/c1-22-18(26)16-17(24-14-9-5-8-13(14)20-19(22)24)21-15(11-25)23(16)10-12-6-3-2-4-7-12/h2-4,6-7,13-14,25H,5,8-11H2,1H3. The number of aliphatic imine (C=N–C) groups is 1. The molecular formula is C19H21N5O2. The van der Waals surface area contributed by atoms with E-state index in [-0.39, 0.29) is 24.6 Å². The van der Waals surface area contributed by atoms with Crippen molar-refractivity contribution in [1.29, 1.82) is 0 Å². The van der Waals surface area contributed by atoms with E-state index >= 15 is 0 Å². The third-order valence-corrected chi connectivity index (χ3v) is 5.66. The van der Waals surface area contributed by atoms with Gasteiger partial charge in [0.05, 0.1) is 12.1 Å². The molecule has 0 bridgehead atoms. The Morgan fingerprint density at radius 3 is 2.81 bits per heavy atom. The first kappa shape index (κ1) is 15.6. The molecule has 7 nitrogen and oxygen atoms in total. The van der Waals surface area contributed by atoms with Crippen LogP contribution >= 0.6 is 0 Å². The molecule has 5 rings (SSSR count). The highest BCUT2D eigenvalue weighted by molar-refractivity contribution is 6.18. The zero-order valence-corrected chi connectivity index (χ0v) is 14.7. The summed E-state index contributed by atoms with van der Waals surface area (Å²) in [6, 6.07) is 10.4. The monoisotopic (exact) mass is 351 g/mol. The summed E-state index contributed by atoms with van der Waals surface area (Å²) < 4.78 is 1.85. The van der Waals surface area contributed by atoms with Gasteiger partial charge in [-0.05, 0) is 24.8 Å². The third kappa shape index (κ3) is 2.07. The van der Waals surface area contributed by atoms with Gasteiger partial charge in [-0.3, -0.25) is 14.6 Å². The van der Waals surface area contributed by atoms with Crippen molar-refractivity contribution in [2.24, 2.45) is 4.99 Å². The highest BCUT2D eigenvalue weighted by Gasteiger charge is 2.49. The second kappa shape index (κ2) is 5.67. The SMILES string of the molecule is CN1C(=O)c2c(nc(CO)n2Cc2ccccc2)N2C1=NC1CCCC12. The van der Waals surface area contributed by atoms with Crippen LogP contribution in [0.4, 0.5) is 5.82 Å². The van der Waals surface area contributed by atoms with Gasteiger partial charge in [-0.15, -0.1) is 0 Å². The van der Waals surface area contributed by atoms with Crippen LogP contribution in [0.5, 0.6) is 0 Å². The summed E-state index contributed by atoms with van der Waals surface area (Å²) in [7, 11) is 1.77. The van der Waals surface area contributed by atoms with Gasteiger partial charge in [0.2, 0.25) is 5.96 Å². The fourth-order valence-electron chi connectivity index (χ4n) is 4.40. The predicted molar refractivity (Wildman–Crippen MR) is 97.1 cm³/mol. The molecule has 1 aromatic carbocycles. The summed E-state index contributed by atoms with van der Waals surface area (Å²) in [6.07, 6.45) is 3.26. The van der Waals surface area contributed by atoms with Crippen molar-refractivity contribution in [3.63, 3.8) is 0 Å². The summed E-state index contributed by atoms with van der Waals surface area (Å²) >= 11 is 0. The van der Waals surface area contributed by atoms with Gasteiger partial charge in [-0.25, -0.2) is 9.98 Å². The second-order valence-electron chi connectivity index (χ2n) is 7.16. The number of imidazole rings is 1. The van der Waals surface area contributed by atoms with Crippen molar-refractivity contribution >= 4 is 17.7 Å². The number of aromatic nitrogens is 2. The molecule has 2 aromatic rings. The Morgan fingerprint density at radius 2 is 2.04 bits per heavy atom. The zero-order valence-electron chi connectivity index (χ0n) is 14.7. The molecule has 1 saturated carbocycles. The van der Waals surface area contributed by atoms with E-state index in [0.29, 0.717) is 29.8 Å². The Labute approximate surface area is 151 Å². The van der Waals surface area contributed by atoms with Crippen molar-refractivity contribution in [1.82, 2.24) is 14.5 Å². The Kier molecular flexibility index (Phi) is 3.40. The maximum absolute atomic E-state index is 13.1. The Balaban J connectivity index is 1.65. The molecule has 2 atom stereocenters. The zero-order chi connectivity index (χ0) is 17.8. The van der Waals surface area contributed by atoms with Crippen LogP contribution in [-0.2, 0) is 13.2 Å². The summed E-state index contributed by atoms with van der Waals surface area (Å²) in [5, 5.41) is 9.87. The van der Waals surface area contributed by atoms with Crippen molar-refractivity contribution < 1.29 is 9.90 Å². The van der Waals surface area contributed by atoms with Crippen LogP contribution in [-0.4, -0.2) is 50.6 Å². The molecule has 134 valence electrons. The number of benzene rings is 1. The smallest absolute Gasteiger partial charge is 0.280 e.